The Balaban J connectivity index is 1.46. The molecule has 2 atom stereocenters. The number of unbranched alkanes of at least 4 members (excludes halogenated alkanes) is 1. The molecule has 0 N–H and O–H groups in total. The van der Waals surface area contributed by atoms with E-state index in [2.05, 4.69) is 77.9 Å². The van der Waals surface area contributed by atoms with Crippen LogP contribution in [0, 0.1) is 0 Å². The molecule has 2 aliphatic rings. The van der Waals surface area contributed by atoms with Crippen LogP contribution in [-0.2, 0) is 0 Å². The average Bonchev–Trinajstić information content (AvgIpc) is 3.16. The summed E-state index contributed by atoms with van der Waals surface area (Å²) in [6.45, 7) is 13.5. The maximum atomic E-state index is 6.84. The number of hydrogen-bond donors (Lipinski definition) is 0. The van der Waals surface area contributed by atoms with Crippen molar-refractivity contribution in [2.75, 3.05) is 0 Å². The lowest BCUT2D eigenvalue weighted by Gasteiger charge is -2.18. The standard InChI is InChI=1S/C30H36Cl2/c1-17(2)21-13-9-15-25-23(19(5)29(31)27(21)25)11-7-8-12-24-20(6)30(32)28-22(18(3)4)14-10-16-26(24)28/h9-10,13-18,23-24H,7-8,11-12H2,1-6H3. The van der Waals surface area contributed by atoms with Crippen molar-refractivity contribution in [3.63, 3.8) is 0 Å². The maximum Gasteiger partial charge on any atom is 0.0479 e. The summed E-state index contributed by atoms with van der Waals surface area (Å²) < 4.78 is 0. The molecule has 4 rings (SSSR count). The fraction of sp³-hybridized carbons (Fsp3) is 0.467. The van der Waals surface area contributed by atoms with Gasteiger partial charge in [-0.25, -0.2) is 0 Å². The Labute approximate surface area is 204 Å². The zero-order chi connectivity index (χ0) is 23.2. The van der Waals surface area contributed by atoms with Crippen molar-refractivity contribution in [1.82, 2.24) is 0 Å². The molecule has 0 bridgehead atoms. The molecule has 2 unspecified atom stereocenters. The molecular formula is C30H36Cl2. The zero-order valence-electron chi connectivity index (χ0n) is 20.4. The Morgan fingerprint density at radius 3 is 1.38 bits per heavy atom. The molecule has 0 saturated heterocycles. The van der Waals surface area contributed by atoms with Crippen LogP contribution in [0.5, 0.6) is 0 Å². The van der Waals surface area contributed by atoms with Gasteiger partial charge in [-0.15, -0.1) is 0 Å². The van der Waals surface area contributed by atoms with Crippen LogP contribution in [0.4, 0.5) is 0 Å². The highest BCUT2D eigenvalue weighted by atomic mass is 35.5. The van der Waals surface area contributed by atoms with Gasteiger partial charge in [0.05, 0.1) is 0 Å². The third-order valence-electron chi connectivity index (χ3n) is 7.67. The molecule has 32 heavy (non-hydrogen) atoms. The minimum absolute atomic E-state index is 0.458. The van der Waals surface area contributed by atoms with E-state index in [1.165, 1.54) is 70.2 Å². The number of halogens is 2. The lowest BCUT2D eigenvalue weighted by molar-refractivity contribution is 0.574. The molecule has 2 aliphatic carbocycles. The highest BCUT2D eigenvalue weighted by molar-refractivity contribution is 6.50. The first-order valence-electron chi connectivity index (χ1n) is 12.2. The topological polar surface area (TPSA) is 0 Å². The minimum Gasteiger partial charge on any atom is -0.0837 e. The van der Waals surface area contributed by atoms with E-state index in [0.717, 1.165) is 10.1 Å². The van der Waals surface area contributed by atoms with Gasteiger partial charge in [-0.1, -0.05) is 100 Å². The van der Waals surface area contributed by atoms with Crippen molar-refractivity contribution in [1.29, 1.82) is 0 Å². The summed E-state index contributed by atoms with van der Waals surface area (Å²) in [7, 11) is 0. The Bertz CT molecular complexity index is 997. The fourth-order valence-electron chi connectivity index (χ4n) is 5.84. The molecule has 0 radical (unpaired) electrons. The lowest BCUT2D eigenvalue weighted by Crippen LogP contribution is -2.02. The van der Waals surface area contributed by atoms with Crippen LogP contribution in [0.15, 0.2) is 47.5 Å². The molecular weight excluding hydrogens is 431 g/mol. The summed E-state index contributed by atoms with van der Waals surface area (Å²) in [4.78, 5) is 0. The van der Waals surface area contributed by atoms with Crippen LogP contribution in [0.1, 0.15) is 124 Å². The Morgan fingerprint density at radius 1 is 0.656 bits per heavy atom. The third-order valence-corrected chi connectivity index (χ3v) is 8.64. The van der Waals surface area contributed by atoms with E-state index < -0.39 is 0 Å². The van der Waals surface area contributed by atoms with E-state index in [-0.39, 0.29) is 0 Å². The second kappa shape index (κ2) is 9.40. The Hall–Kier alpha value is -1.50. The third kappa shape index (κ3) is 3.99. The fourth-order valence-corrected chi connectivity index (χ4v) is 6.54. The summed E-state index contributed by atoms with van der Waals surface area (Å²) in [5, 5.41) is 1.98. The van der Waals surface area contributed by atoms with E-state index in [4.69, 9.17) is 23.2 Å². The molecule has 170 valence electrons. The van der Waals surface area contributed by atoms with Crippen LogP contribution in [0.3, 0.4) is 0 Å². The van der Waals surface area contributed by atoms with E-state index in [1.807, 2.05) is 0 Å². The number of benzene rings is 2. The van der Waals surface area contributed by atoms with Gasteiger partial charge in [-0.05, 0) is 71.9 Å². The average molecular weight is 468 g/mol. The second-order valence-corrected chi connectivity index (χ2v) is 11.1. The molecule has 0 amide bonds. The van der Waals surface area contributed by atoms with E-state index in [0.29, 0.717) is 23.7 Å². The van der Waals surface area contributed by atoms with Crippen molar-refractivity contribution >= 4 is 33.3 Å². The molecule has 0 nitrogen and oxygen atoms in total. The van der Waals surface area contributed by atoms with Crippen molar-refractivity contribution < 1.29 is 0 Å². The van der Waals surface area contributed by atoms with E-state index in [9.17, 15) is 0 Å². The number of rotatable bonds is 7. The first kappa shape index (κ1) is 23.7. The highest BCUT2D eigenvalue weighted by Gasteiger charge is 2.32. The summed E-state index contributed by atoms with van der Waals surface area (Å²) in [6, 6.07) is 13.5. The minimum atomic E-state index is 0.458. The molecule has 0 fully saturated rings. The summed E-state index contributed by atoms with van der Waals surface area (Å²) in [6.07, 6.45) is 4.74. The van der Waals surface area contributed by atoms with Crippen LogP contribution in [0.25, 0.3) is 10.1 Å². The number of allylic oxidation sites excluding steroid dienone is 2. The van der Waals surface area contributed by atoms with Gasteiger partial charge in [0.1, 0.15) is 0 Å². The van der Waals surface area contributed by atoms with Gasteiger partial charge in [0.2, 0.25) is 0 Å². The number of hydrogen-bond acceptors (Lipinski definition) is 0. The Morgan fingerprint density at radius 2 is 1.03 bits per heavy atom. The monoisotopic (exact) mass is 466 g/mol. The summed E-state index contributed by atoms with van der Waals surface area (Å²) in [5.74, 6) is 1.89. The molecule has 2 heteroatoms. The maximum absolute atomic E-state index is 6.84. The van der Waals surface area contributed by atoms with E-state index in [1.54, 1.807) is 0 Å². The normalized spacial score (nSPS) is 20.1. The van der Waals surface area contributed by atoms with Crippen molar-refractivity contribution in [2.24, 2.45) is 0 Å². The largest absolute Gasteiger partial charge is 0.0837 e. The van der Waals surface area contributed by atoms with Crippen LogP contribution < -0.4 is 0 Å². The van der Waals surface area contributed by atoms with Gasteiger partial charge in [0.25, 0.3) is 0 Å². The predicted octanol–water partition coefficient (Wildman–Crippen LogP) is 10.3. The smallest absolute Gasteiger partial charge is 0.0479 e. The molecule has 2 aromatic rings. The summed E-state index contributed by atoms with van der Waals surface area (Å²) >= 11 is 13.7. The van der Waals surface area contributed by atoms with E-state index >= 15 is 0 Å². The quantitative estimate of drug-likeness (QED) is 0.355. The molecule has 0 spiro atoms. The first-order valence-corrected chi connectivity index (χ1v) is 13.0. The summed E-state index contributed by atoms with van der Waals surface area (Å²) in [5.41, 5.74) is 11.0. The van der Waals surface area contributed by atoms with Crippen LogP contribution in [0.2, 0.25) is 0 Å². The van der Waals surface area contributed by atoms with Crippen molar-refractivity contribution in [2.45, 2.75) is 90.9 Å². The molecule has 0 aromatic heterocycles. The SMILES string of the molecule is CC1=C(Cl)c2c(C(C)C)cccc2C1CCCCC1C(C)=C(Cl)c2c(C(C)C)cccc21. The Kier molecular flexibility index (Phi) is 6.94. The molecule has 0 aliphatic heterocycles. The highest BCUT2D eigenvalue weighted by Crippen LogP contribution is 2.50. The first-order chi connectivity index (χ1) is 15.2. The van der Waals surface area contributed by atoms with Crippen molar-refractivity contribution in [3.05, 3.63) is 80.9 Å². The van der Waals surface area contributed by atoms with Gasteiger partial charge in [-0.2, -0.15) is 0 Å². The molecule has 0 saturated carbocycles. The van der Waals surface area contributed by atoms with Gasteiger partial charge in [0.15, 0.2) is 0 Å². The predicted molar refractivity (Wildman–Crippen MR) is 142 cm³/mol. The van der Waals surface area contributed by atoms with Gasteiger partial charge >= 0.3 is 0 Å². The van der Waals surface area contributed by atoms with Gasteiger partial charge in [-0.3, -0.25) is 0 Å². The van der Waals surface area contributed by atoms with Gasteiger partial charge in [0, 0.05) is 33.0 Å². The lowest BCUT2D eigenvalue weighted by atomic mass is 9.86. The van der Waals surface area contributed by atoms with Gasteiger partial charge < -0.3 is 0 Å². The zero-order valence-corrected chi connectivity index (χ0v) is 21.9. The van der Waals surface area contributed by atoms with Crippen molar-refractivity contribution in [3.8, 4) is 0 Å². The van der Waals surface area contributed by atoms with Crippen LogP contribution >= 0.6 is 23.2 Å². The molecule has 2 aromatic carbocycles. The number of fused-ring (bicyclic) bond motifs is 2. The molecule has 0 heterocycles. The second-order valence-electron chi connectivity index (χ2n) is 10.3. The van der Waals surface area contributed by atoms with Crippen LogP contribution in [-0.4, -0.2) is 0 Å².